The summed E-state index contributed by atoms with van der Waals surface area (Å²) in [7, 11) is 0. The number of nitrogens with zero attached hydrogens (tertiary/aromatic N) is 1. The lowest BCUT2D eigenvalue weighted by Crippen LogP contribution is -2.33. The van der Waals surface area contributed by atoms with Crippen molar-refractivity contribution in [3.8, 4) is 0 Å². The molecule has 2 heterocycles. The van der Waals surface area contributed by atoms with Crippen LogP contribution >= 0.6 is 23.2 Å². The molecule has 2 aliphatic rings. The first kappa shape index (κ1) is 19.1. The second kappa shape index (κ2) is 8.86. The van der Waals surface area contributed by atoms with Crippen LogP contribution in [0.1, 0.15) is 42.7 Å². The van der Waals surface area contributed by atoms with Crippen molar-refractivity contribution >= 4 is 28.9 Å². The van der Waals surface area contributed by atoms with Gasteiger partial charge in [-0.05, 0) is 92.4 Å². The van der Waals surface area contributed by atoms with Crippen molar-refractivity contribution in [1.29, 1.82) is 0 Å². The van der Waals surface area contributed by atoms with Gasteiger partial charge in [0.05, 0.1) is 10.0 Å². The van der Waals surface area contributed by atoms with E-state index in [1.165, 1.54) is 49.2 Å². The molecule has 0 radical (unpaired) electrons. The summed E-state index contributed by atoms with van der Waals surface area (Å²) in [4.78, 5) is 2.54. The van der Waals surface area contributed by atoms with Gasteiger partial charge < -0.3 is 10.2 Å². The highest BCUT2D eigenvalue weighted by molar-refractivity contribution is 6.42. The molecule has 2 fully saturated rings. The number of benzene rings is 2. The zero-order valence-electron chi connectivity index (χ0n) is 15.8. The minimum absolute atomic E-state index is 0.578. The van der Waals surface area contributed by atoms with Crippen LogP contribution in [0.25, 0.3) is 0 Å². The molecule has 2 saturated heterocycles. The second-order valence-corrected chi connectivity index (χ2v) is 8.82. The topological polar surface area (TPSA) is 15.3 Å². The SMILES string of the molecule is Clc1ccc(C2CCN(c3cccc(CC4CCNCC4)c3)CC2)cc1Cl. The summed E-state index contributed by atoms with van der Waals surface area (Å²) in [6, 6.07) is 15.3. The third kappa shape index (κ3) is 4.80. The van der Waals surface area contributed by atoms with Crippen molar-refractivity contribution in [2.24, 2.45) is 5.92 Å². The quantitative estimate of drug-likeness (QED) is 0.682. The van der Waals surface area contributed by atoms with Crippen LogP contribution in [0.15, 0.2) is 42.5 Å². The largest absolute Gasteiger partial charge is 0.371 e. The van der Waals surface area contributed by atoms with E-state index in [0.717, 1.165) is 31.8 Å². The maximum absolute atomic E-state index is 6.21. The van der Waals surface area contributed by atoms with Crippen LogP contribution in [0.5, 0.6) is 0 Å². The van der Waals surface area contributed by atoms with E-state index in [-0.39, 0.29) is 0 Å². The number of anilines is 1. The van der Waals surface area contributed by atoms with E-state index in [9.17, 15) is 0 Å². The van der Waals surface area contributed by atoms with Crippen molar-refractivity contribution in [3.63, 3.8) is 0 Å². The summed E-state index contributed by atoms with van der Waals surface area (Å²) in [5, 5.41) is 4.77. The Morgan fingerprint density at radius 2 is 1.67 bits per heavy atom. The van der Waals surface area contributed by atoms with Gasteiger partial charge in [0.25, 0.3) is 0 Å². The van der Waals surface area contributed by atoms with E-state index in [1.54, 1.807) is 0 Å². The Bertz CT molecular complexity index is 763. The molecule has 4 rings (SSSR count). The molecule has 0 bridgehead atoms. The van der Waals surface area contributed by atoms with Crippen molar-refractivity contribution < 1.29 is 0 Å². The van der Waals surface area contributed by atoms with Crippen LogP contribution in [-0.4, -0.2) is 26.2 Å². The van der Waals surface area contributed by atoms with Gasteiger partial charge >= 0.3 is 0 Å². The van der Waals surface area contributed by atoms with Crippen molar-refractivity contribution in [2.45, 2.75) is 38.0 Å². The predicted molar refractivity (Wildman–Crippen MR) is 116 cm³/mol. The maximum atomic E-state index is 6.21. The van der Waals surface area contributed by atoms with Gasteiger partial charge in [0.1, 0.15) is 0 Å². The lowest BCUT2D eigenvalue weighted by molar-refractivity contribution is 0.372. The first-order valence-electron chi connectivity index (χ1n) is 10.2. The first-order chi connectivity index (χ1) is 13.2. The molecule has 4 heteroatoms. The van der Waals surface area contributed by atoms with Crippen LogP contribution < -0.4 is 10.2 Å². The highest BCUT2D eigenvalue weighted by Crippen LogP contribution is 2.34. The molecule has 2 aromatic rings. The third-order valence-electron chi connectivity index (χ3n) is 6.17. The molecular weight excluding hydrogens is 375 g/mol. The minimum atomic E-state index is 0.578. The average Bonchev–Trinajstić information content (AvgIpc) is 2.71. The Labute approximate surface area is 172 Å². The molecule has 0 saturated carbocycles. The van der Waals surface area contributed by atoms with Gasteiger partial charge in [-0.25, -0.2) is 0 Å². The molecule has 0 aliphatic carbocycles. The Kier molecular flexibility index (Phi) is 6.27. The summed E-state index contributed by atoms with van der Waals surface area (Å²) in [5.74, 6) is 1.41. The summed E-state index contributed by atoms with van der Waals surface area (Å²) < 4.78 is 0. The molecule has 27 heavy (non-hydrogen) atoms. The Morgan fingerprint density at radius 1 is 0.889 bits per heavy atom. The van der Waals surface area contributed by atoms with E-state index in [1.807, 2.05) is 12.1 Å². The van der Waals surface area contributed by atoms with Crippen molar-refractivity contribution in [1.82, 2.24) is 5.32 Å². The van der Waals surface area contributed by atoms with Gasteiger partial charge in [0, 0.05) is 18.8 Å². The predicted octanol–water partition coefficient (Wildman–Crippen LogP) is 5.92. The van der Waals surface area contributed by atoms with Gasteiger partial charge in [-0.2, -0.15) is 0 Å². The van der Waals surface area contributed by atoms with Gasteiger partial charge in [-0.1, -0.05) is 41.4 Å². The summed E-state index contributed by atoms with van der Waals surface area (Å²) >= 11 is 12.3. The minimum Gasteiger partial charge on any atom is -0.371 e. The van der Waals surface area contributed by atoms with E-state index in [0.29, 0.717) is 16.0 Å². The number of piperidine rings is 2. The lowest BCUT2D eigenvalue weighted by atomic mass is 9.88. The molecule has 0 atom stereocenters. The zero-order valence-corrected chi connectivity index (χ0v) is 17.3. The highest BCUT2D eigenvalue weighted by atomic mass is 35.5. The first-order valence-corrected chi connectivity index (χ1v) is 10.9. The van der Waals surface area contributed by atoms with Crippen LogP contribution in [0, 0.1) is 5.92 Å². The molecule has 0 aromatic heterocycles. The van der Waals surface area contributed by atoms with Gasteiger partial charge in [0.15, 0.2) is 0 Å². The molecule has 0 spiro atoms. The van der Waals surface area contributed by atoms with Gasteiger partial charge in [0.2, 0.25) is 0 Å². The average molecular weight is 403 g/mol. The number of hydrogen-bond donors (Lipinski definition) is 1. The summed E-state index contributed by atoms with van der Waals surface area (Å²) in [5.41, 5.74) is 4.20. The smallest absolute Gasteiger partial charge is 0.0595 e. The van der Waals surface area contributed by atoms with Crippen LogP contribution in [0.2, 0.25) is 10.0 Å². The fraction of sp³-hybridized carbons (Fsp3) is 0.478. The van der Waals surface area contributed by atoms with Crippen LogP contribution in [0.4, 0.5) is 5.69 Å². The van der Waals surface area contributed by atoms with E-state index < -0.39 is 0 Å². The monoisotopic (exact) mass is 402 g/mol. The van der Waals surface area contributed by atoms with Crippen molar-refractivity contribution in [2.75, 3.05) is 31.1 Å². The molecule has 2 aromatic carbocycles. The molecule has 1 N–H and O–H groups in total. The maximum Gasteiger partial charge on any atom is 0.0595 e. The second-order valence-electron chi connectivity index (χ2n) is 8.00. The fourth-order valence-electron chi connectivity index (χ4n) is 4.54. The Balaban J connectivity index is 1.37. The number of nitrogens with one attached hydrogen (secondary N) is 1. The van der Waals surface area contributed by atoms with Crippen molar-refractivity contribution in [3.05, 3.63) is 63.6 Å². The summed E-state index contributed by atoms with van der Waals surface area (Å²) in [6.07, 6.45) is 6.15. The molecule has 0 amide bonds. The molecule has 2 aliphatic heterocycles. The lowest BCUT2D eigenvalue weighted by Gasteiger charge is -2.34. The zero-order chi connectivity index (χ0) is 18.6. The van der Waals surface area contributed by atoms with Crippen LogP contribution in [-0.2, 0) is 6.42 Å². The number of halogens is 2. The van der Waals surface area contributed by atoms with E-state index in [4.69, 9.17) is 23.2 Å². The molecule has 2 nitrogen and oxygen atoms in total. The third-order valence-corrected chi connectivity index (χ3v) is 6.91. The fourth-order valence-corrected chi connectivity index (χ4v) is 4.84. The van der Waals surface area contributed by atoms with E-state index >= 15 is 0 Å². The van der Waals surface area contributed by atoms with Gasteiger partial charge in [-0.3, -0.25) is 0 Å². The van der Waals surface area contributed by atoms with Gasteiger partial charge in [-0.15, -0.1) is 0 Å². The molecule has 144 valence electrons. The standard InChI is InChI=1S/C23H28Cl2N2/c24-22-5-4-20(16-23(22)25)19-8-12-27(13-9-19)21-3-1-2-18(15-21)14-17-6-10-26-11-7-17/h1-5,15-17,19,26H,6-14H2. The van der Waals surface area contributed by atoms with Crippen LogP contribution in [0.3, 0.4) is 0 Å². The number of rotatable bonds is 4. The summed E-state index contributed by atoms with van der Waals surface area (Å²) in [6.45, 7) is 4.54. The molecule has 0 unspecified atom stereocenters. The highest BCUT2D eigenvalue weighted by Gasteiger charge is 2.22. The number of hydrogen-bond acceptors (Lipinski definition) is 2. The normalized spacial score (nSPS) is 19.4. The Morgan fingerprint density at radius 3 is 2.41 bits per heavy atom. The van der Waals surface area contributed by atoms with E-state index in [2.05, 4.69) is 40.5 Å². The Hall–Kier alpha value is -1.22. The molecular formula is C23H28Cl2N2.